The van der Waals surface area contributed by atoms with Gasteiger partial charge in [-0.1, -0.05) is 48.5 Å². The Labute approximate surface area is 220 Å². The zero-order valence-corrected chi connectivity index (χ0v) is 22.6. The van der Waals surface area contributed by atoms with Gasteiger partial charge in [-0.15, -0.1) is 0 Å². The van der Waals surface area contributed by atoms with E-state index in [2.05, 4.69) is 38.3 Å². The molecule has 37 heavy (non-hydrogen) atoms. The third-order valence-electron chi connectivity index (χ3n) is 6.80. The van der Waals surface area contributed by atoms with Crippen LogP contribution in [-0.2, 0) is 11.4 Å². The number of hydrogen-bond donors (Lipinski definition) is 2. The van der Waals surface area contributed by atoms with E-state index >= 15 is 0 Å². The first-order valence-corrected chi connectivity index (χ1v) is 13.0. The summed E-state index contributed by atoms with van der Waals surface area (Å²) in [6.45, 7) is 10.8. The zero-order chi connectivity index (χ0) is 26.6. The van der Waals surface area contributed by atoms with Gasteiger partial charge in [-0.25, -0.2) is 0 Å². The molecule has 0 aliphatic carbocycles. The number of amides is 1. The number of ether oxygens (including phenoxy) is 1. The Kier molecular flexibility index (Phi) is 7.84. The number of Topliss-reactive ketones (excluding diaryl/α,β-unsaturated/α-hetero) is 1. The Bertz CT molecular complexity index is 1230. The minimum absolute atomic E-state index is 0.0430. The van der Waals surface area contributed by atoms with Gasteiger partial charge in [0.2, 0.25) is 5.91 Å². The summed E-state index contributed by atoms with van der Waals surface area (Å²) >= 11 is 0. The molecule has 1 heterocycles. The highest BCUT2D eigenvalue weighted by Crippen LogP contribution is 2.35. The van der Waals surface area contributed by atoms with Crippen molar-refractivity contribution in [1.82, 2.24) is 5.32 Å². The van der Waals surface area contributed by atoms with Gasteiger partial charge in [0, 0.05) is 35.7 Å². The Balaban J connectivity index is 1.34. The molecule has 0 bridgehead atoms. The van der Waals surface area contributed by atoms with Crippen molar-refractivity contribution >= 4 is 17.4 Å². The Morgan fingerprint density at radius 1 is 0.892 bits per heavy atom. The first-order valence-electron chi connectivity index (χ1n) is 13.0. The minimum atomic E-state index is -0.0876. The lowest BCUT2D eigenvalue weighted by atomic mass is 9.74. The highest BCUT2D eigenvalue weighted by atomic mass is 16.5. The van der Waals surface area contributed by atoms with Gasteiger partial charge in [0.05, 0.1) is 0 Å². The number of nitrogens with one attached hydrogen (secondary N) is 2. The number of carbonyl (C=O) groups is 2. The average Bonchev–Trinajstić information content (AvgIpc) is 2.81. The van der Waals surface area contributed by atoms with Crippen molar-refractivity contribution in [3.8, 4) is 16.9 Å². The molecule has 0 saturated carbocycles. The van der Waals surface area contributed by atoms with E-state index in [0.717, 1.165) is 46.5 Å². The van der Waals surface area contributed by atoms with Crippen molar-refractivity contribution in [1.29, 1.82) is 0 Å². The summed E-state index contributed by atoms with van der Waals surface area (Å²) in [6.07, 6.45) is 2.60. The molecule has 194 valence electrons. The topological polar surface area (TPSA) is 67.4 Å². The number of carbonyl (C=O) groups excluding carboxylic acids is 2. The van der Waals surface area contributed by atoms with Gasteiger partial charge in [0.25, 0.3) is 0 Å². The molecule has 2 N–H and O–H groups in total. The smallest absolute Gasteiger partial charge is 0.221 e. The summed E-state index contributed by atoms with van der Waals surface area (Å²) in [6, 6.07) is 23.5. The predicted octanol–water partition coefficient (Wildman–Crippen LogP) is 7.02. The fraction of sp³-hybridized carbons (Fsp3) is 0.375. The van der Waals surface area contributed by atoms with Gasteiger partial charge in [0.15, 0.2) is 5.78 Å². The van der Waals surface area contributed by atoms with E-state index in [1.165, 1.54) is 6.92 Å². The lowest BCUT2D eigenvalue weighted by Gasteiger charge is -2.46. The lowest BCUT2D eigenvalue weighted by Crippen LogP contribution is -2.57. The van der Waals surface area contributed by atoms with Gasteiger partial charge in [-0.05, 0) is 87.4 Å². The largest absolute Gasteiger partial charge is 0.489 e. The molecule has 1 fully saturated rings. The van der Waals surface area contributed by atoms with Crippen LogP contribution in [0.1, 0.15) is 69.8 Å². The Hall–Kier alpha value is -3.44. The molecule has 5 nitrogen and oxygen atoms in total. The molecule has 3 aromatic carbocycles. The fourth-order valence-corrected chi connectivity index (χ4v) is 5.73. The molecule has 3 aromatic rings. The third-order valence-corrected chi connectivity index (χ3v) is 6.80. The van der Waals surface area contributed by atoms with Crippen LogP contribution in [0, 0.1) is 5.92 Å². The van der Waals surface area contributed by atoms with Crippen LogP contribution in [0.15, 0.2) is 72.8 Å². The van der Waals surface area contributed by atoms with Crippen LogP contribution in [0.4, 0.5) is 5.69 Å². The van der Waals surface area contributed by atoms with E-state index in [9.17, 15) is 9.59 Å². The molecule has 0 radical (unpaired) electrons. The van der Waals surface area contributed by atoms with Crippen LogP contribution in [0.2, 0.25) is 0 Å². The second-order valence-electron chi connectivity index (χ2n) is 11.6. The molecule has 4 rings (SSSR count). The monoisotopic (exact) mass is 498 g/mol. The van der Waals surface area contributed by atoms with Gasteiger partial charge < -0.3 is 15.4 Å². The maximum Gasteiger partial charge on any atom is 0.221 e. The van der Waals surface area contributed by atoms with E-state index in [1.807, 2.05) is 72.8 Å². The van der Waals surface area contributed by atoms with Crippen molar-refractivity contribution < 1.29 is 14.3 Å². The molecule has 0 unspecified atom stereocenters. The van der Waals surface area contributed by atoms with Crippen LogP contribution < -0.4 is 15.4 Å². The summed E-state index contributed by atoms with van der Waals surface area (Å²) < 4.78 is 6.05. The highest BCUT2D eigenvalue weighted by Gasteiger charge is 2.38. The SMILES string of the molecule is CC(=O)Nc1ccc(-c2cccc(OCc3ccc(C(=O)CC4CC(C)(C)NC(C)(C)C4)cc3)c2)cc1. The number of rotatable bonds is 8. The maximum atomic E-state index is 13.0. The first-order chi connectivity index (χ1) is 17.5. The third kappa shape index (κ3) is 7.53. The molecule has 0 atom stereocenters. The van der Waals surface area contributed by atoms with Crippen molar-refractivity contribution in [3.05, 3.63) is 83.9 Å². The summed E-state index contributed by atoms with van der Waals surface area (Å²) in [4.78, 5) is 24.2. The molecule has 1 saturated heterocycles. The summed E-state index contributed by atoms with van der Waals surface area (Å²) in [5.74, 6) is 1.29. The van der Waals surface area contributed by atoms with E-state index < -0.39 is 0 Å². The van der Waals surface area contributed by atoms with E-state index in [4.69, 9.17) is 4.74 Å². The molecule has 0 spiro atoms. The maximum absolute atomic E-state index is 13.0. The second-order valence-corrected chi connectivity index (χ2v) is 11.6. The van der Waals surface area contributed by atoms with Crippen molar-refractivity contribution in [2.45, 2.75) is 71.6 Å². The van der Waals surface area contributed by atoms with Crippen molar-refractivity contribution in [2.24, 2.45) is 5.92 Å². The van der Waals surface area contributed by atoms with Crippen LogP contribution >= 0.6 is 0 Å². The highest BCUT2D eigenvalue weighted by molar-refractivity contribution is 5.96. The number of piperidine rings is 1. The van der Waals surface area contributed by atoms with Crippen LogP contribution in [-0.4, -0.2) is 22.8 Å². The minimum Gasteiger partial charge on any atom is -0.489 e. The van der Waals surface area contributed by atoms with E-state index in [0.29, 0.717) is 18.9 Å². The van der Waals surface area contributed by atoms with E-state index in [-0.39, 0.29) is 22.8 Å². The van der Waals surface area contributed by atoms with Crippen LogP contribution in [0.3, 0.4) is 0 Å². The number of ketones is 1. The molecule has 1 aliphatic rings. The lowest BCUT2D eigenvalue weighted by molar-refractivity contribution is -0.114. The Morgan fingerprint density at radius 2 is 1.54 bits per heavy atom. The summed E-state index contributed by atoms with van der Waals surface area (Å²) in [7, 11) is 0. The molecule has 1 aliphatic heterocycles. The van der Waals surface area contributed by atoms with Crippen LogP contribution in [0.5, 0.6) is 5.75 Å². The molecular formula is C32H38N2O3. The summed E-state index contributed by atoms with van der Waals surface area (Å²) in [5.41, 5.74) is 4.73. The first kappa shape index (κ1) is 26.6. The van der Waals surface area contributed by atoms with Crippen molar-refractivity contribution in [3.63, 3.8) is 0 Å². The molecule has 1 amide bonds. The second kappa shape index (κ2) is 10.9. The standard InChI is InChI=1S/C32H38N2O3/c1-22(35)33-28-15-13-25(14-16-28)27-7-6-8-29(18-27)37-21-23-9-11-26(12-10-23)30(36)17-24-19-31(2,3)34-32(4,5)20-24/h6-16,18,24,34H,17,19-21H2,1-5H3,(H,33,35). The molecule has 0 aromatic heterocycles. The normalized spacial score (nSPS) is 16.7. The van der Waals surface area contributed by atoms with Gasteiger partial charge in [-0.3, -0.25) is 9.59 Å². The van der Waals surface area contributed by atoms with E-state index in [1.54, 1.807) is 0 Å². The van der Waals surface area contributed by atoms with Crippen LogP contribution in [0.25, 0.3) is 11.1 Å². The van der Waals surface area contributed by atoms with Gasteiger partial charge in [-0.2, -0.15) is 0 Å². The average molecular weight is 499 g/mol. The molecule has 5 heteroatoms. The molecular weight excluding hydrogens is 460 g/mol. The van der Waals surface area contributed by atoms with Crippen molar-refractivity contribution in [2.75, 3.05) is 5.32 Å². The number of benzene rings is 3. The predicted molar refractivity (Wildman–Crippen MR) is 150 cm³/mol. The zero-order valence-electron chi connectivity index (χ0n) is 22.6. The summed E-state index contributed by atoms with van der Waals surface area (Å²) in [5, 5.41) is 6.48. The van der Waals surface area contributed by atoms with Gasteiger partial charge >= 0.3 is 0 Å². The van der Waals surface area contributed by atoms with Gasteiger partial charge in [0.1, 0.15) is 12.4 Å². The number of hydrogen-bond acceptors (Lipinski definition) is 4. The fourth-order valence-electron chi connectivity index (χ4n) is 5.73. The quantitative estimate of drug-likeness (QED) is 0.328. The number of anilines is 1. The Morgan fingerprint density at radius 3 is 2.16 bits per heavy atom.